The van der Waals surface area contributed by atoms with Gasteiger partial charge in [0.2, 0.25) is 5.95 Å². The van der Waals surface area contributed by atoms with Crippen LogP contribution in [0.1, 0.15) is 11.6 Å². The van der Waals surface area contributed by atoms with Crippen LogP contribution in [0.25, 0.3) is 5.69 Å². The van der Waals surface area contributed by atoms with E-state index in [4.69, 9.17) is 0 Å². The minimum absolute atomic E-state index is 0.195. The van der Waals surface area contributed by atoms with Gasteiger partial charge in [0.25, 0.3) is 0 Å². The van der Waals surface area contributed by atoms with Crippen LogP contribution in [0.2, 0.25) is 0 Å². The Labute approximate surface area is 145 Å². The number of hydrogen-bond acceptors (Lipinski definition) is 7. The highest BCUT2D eigenvalue weighted by Gasteiger charge is 2.38. The molecule has 0 unspecified atom stereocenters. The van der Waals surface area contributed by atoms with Crippen LogP contribution in [0.15, 0.2) is 36.7 Å². The maximum Gasteiger partial charge on any atom is 0.250 e. The molecule has 3 aromatic rings. The highest BCUT2D eigenvalue weighted by Crippen LogP contribution is 2.28. The summed E-state index contributed by atoms with van der Waals surface area (Å²) in [6.07, 6.45) is 3.62. The summed E-state index contributed by atoms with van der Waals surface area (Å²) in [7, 11) is 4.17. The van der Waals surface area contributed by atoms with Gasteiger partial charge in [-0.25, -0.2) is 4.68 Å². The first-order valence-corrected chi connectivity index (χ1v) is 8.26. The standard InChI is InChI=1S/C16H21N9/c1-12-4-6-13(7-5-12)25-16(18-19-21-25)23-10-14(22(2)3)15(11-23)24-9-8-17-20-24/h4-9,14-15H,10-11H2,1-3H3/t14-,15+/m1/s1. The molecule has 9 nitrogen and oxygen atoms in total. The molecule has 1 saturated heterocycles. The minimum atomic E-state index is 0.195. The third-order valence-electron chi connectivity index (χ3n) is 4.72. The van der Waals surface area contributed by atoms with Crippen LogP contribution in [0, 0.1) is 6.92 Å². The molecule has 3 heterocycles. The van der Waals surface area contributed by atoms with E-state index in [1.54, 1.807) is 10.9 Å². The second kappa shape index (κ2) is 6.25. The Bertz CT molecular complexity index is 822. The fraction of sp³-hybridized carbons (Fsp3) is 0.438. The minimum Gasteiger partial charge on any atom is -0.336 e. The molecule has 1 fully saturated rings. The Morgan fingerprint density at radius 3 is 2.56 bits per heavy atom. The number of anilines is 1. The van der Waals surface area contributed by atoms with E-state index in [2.05, 4.69) is 68.8 Å². The van der Waals surface area contributed by atoms with Crippen LogP contribution in [0.5, 0.6) is 0 Å². The monoisotopic (exact) mass is 339 g/mol. The molecule has 0 aliphatic carbocycles. The van der Waals surface area contributed by atoms with Crippen molar-refractivity contribution in [2.75, 3.05) is 32.1 Å². The third-order valence-corrected chi connectivity index (χ3v) is 4.72. The van der Waals surface area contributed by atoms with Crippen molar-refractivity contribution in [3.05, 3.63) is 42.2 Å². The maximum atomic E-state index is 4.27. The molecule has 2 atom stereocenters. The lowest BCUT2D eigenvalue weighted by Crippen LogP contribution is -2.36. The van der Waals surface area contributed by atoms with Gasteiger partial charge in [-0.05, 0) is 43.6 Å². The van der Waals surface area contributed by atoms with Crippen molar-refractivity contribution in [1.29, 1.82) is 0 Å². The zero-order valence-electron chi connectivity index (χ0n) is 14.6. The lowest BCUT2D eigenvalue weighted by Gasteiger charge is -2.24. The molecule has 0 amide bonds. The Kier molecular flexibility index (Phi) is 3.92. The van der Waals surface area contributed by atoms with Crippen molar-refractivity contribution < 1.29 is 0 Å². The SMILES string of the molecule is Cc1ccc(-n2nnnc2N2C[C@@H](N(C)C)[C@@H](n3ccnn3)C2)cc1. The van der Waals surface area contributed by atoms with E-state index in [0.29, 0.717) is 6.04 Å². The van der Waals surface area contributed by atoms with Crippen molar-refractivity contribution in [1.82, 2.24) is 40.1 Å². The molecule has 0 saturated carbocycles. The Morgan fingerprint density at radius 2 is 1.88 bits per heavy atom. The summed E-state index contributed by atoms with van der Waals surface area (Å²) in [4.78, 5) is 4.42. The van der Waals surface area contributed by atoms with Crippen LogP contribution in [-0.2, 0) is 0 Å². The van der Waals surface area contributed by atoms with E-state index in [0.717, 1.165) is 24.7 Å². The van der Waals surface area contributed by atoms with Gasteiger partial charge in [-0.1, -0.05) is 28.0 Å². The number of likely N-dealkylation sites (N-methyl/N-ethyl adjacent to an activating group) is 1. The molecule has 0 radical (unpaired) electrons. The summed E-state index contributed by atoms with van der Waals surface area (Å²) in [6, 6.07) is 8.68. The molecule has 0 spiro atoms. The average Bonchev–Trinajstić information content (AvgIpc) is 3.34. The number of aryl methyl sites for hydroxylation is 1. The van der Waals surface area contributed by atoms with Crippen molar-refractivity contribution in [3.8, 4) is 5.69 Å². The van der Waals surface area contributed by atoms with E-state index < -0.39 is 0 Å². The van der Waals surface area contributed by atoms with Crippen LogP contribution < -0.4 is 4.90 Å². The number of tetrazole rings is 1. The largest absolute Gasteiger partial charge is 0.336 e. The van der Waals surface area contributed by atoms with Crippen LogP contribution >= 0.6 is 0 Å². The Morgan fingerprint density at radius 1 is 1.08 bits per heavy atom. The van der Waals surface area contributed by atoms with Crippen LogP contribution in [0.4, 0.5) is 5.95 Å². The molecule has 9 heteroatoms. The van der Waals surface area contributed by atoms with Gasteiger partial charge in [0, 0.05) is 19.3 Å². The smallest absolute Gasteiger partial charge is 0.250 e. The molecule has 1 aromatic carbocycles. The number of hydrogen-bond donors (Lipinski definition) is 0. The molecule has 1 aliphatic rings. The highest BCUT2D eigenvalue weighted by atomic mass is 15.6. The quantitative estimate of drug-likeness (QED) is 0.687. The zero-order valence-corrected chi connectivity index (χ0v) is 14.6. The molecule has 25 heavy (non-hydrogen) atoms. The van der Waals surface area contributed by atoms with E-state index in [1.807, 2.05) is 23.0 Å². The third kappa shape index (κ3) is 2.86. The van der Waals surface area contributed by atoms with E-state index in [1.165, 1.54) is 5.56 Å². The Hall–Kier alpha value is -2.81. The average molecular weight is 339 g/mol. The second-order valence-electron chi connectivity index (χ2n) is 6.61. The van der Waals surface area contributed by atoms with Crippen molar-refractivity contribution in [2.24, 2.45) is 0 Å². The number of nitrogens with zero attached hydrogens (tertiary/aromatic N) is 9. The summed E-state index contributed by atoms with van der Waals surface area (Å²) >= 11 is 0. The summed E-state index contributed by atoms with van der Waals surface area (Å²) in [5, 5.41) is 20.5. The number of rotatable bonds is 4. The first-order valence-electron chi connectivity index (χ1n) is 8.26. The van der Waals surface area contributed by atoms with Gasteiger partial charge >= 0.3 is 0 Å². The van der Waals surface area contributed by atoms with Gasteiger partial charge in [-0.2, -0.15) is 4.68 Å². The predicted octanol–water partition coefficient (Wildman–Crippen LogP) is 0.554. The van der Waals surface area contributed by atoms with Crippen LogP contribution in [-0.4, -0.2) is 73.3 Å². The lowest BCUT2D eigenvalue weighted by molar-refractivity contribution is 0.243. The van der Waals surface area contributed by atoms with Gasteiger partial charge in [0.1, 0.15) is 0 Å². The van der Waals surface area contributed by atoms with Gasteiger partial charge < -0.3 is 9.80 Å². The van der Waals surface area contributed by atoms with E-state index in [-0.39, 0.29) is 6.04 Å². The highest BCUT2D eigenvalue weighted by molar-refractivity contribution is 5.43. The number of aromatic nitrogens is 7. The molecule has 2 aromatic heterocycles. The van der Waals surface area contributed by atoms with Crippen molar-refractivity contribution in [3.63, 3.8) is 0 Å². The van der Waals surface area contributed by atoms with Crippen molar-refractivity contribution >= 4 is 5.95 Å². The first-order chi connectivity index (χ1) is 12.1. The van der Waals surface area contributed by atoms with Crippen LogP contribution in [0.3, 0.4) is 0 Å². The molecule has 1 aliphatic heterocycles. The Balaban J connectivity index is 1.65. The van der Waals surface area contributed by atoms with Gasteiger partial charge in [0.15, 0.2) is 0 Å². The first kappa shape index (κ1) is 15.7. The van der Waals surface area contributed by atoms with E-state index >= 15 is 0 Å². The van der Waals surface area contributed by atoms with Gasteiger partial charge in [-0.3, -0.25) is 0 Å². The lowest BCUT2D eigenvalue weighted by atomic mass is 10.1. The van der Waals surface area contributed by atoms with E-state index in [9.17, 15) is 0 Å². The molecule has 4 rings (SSSR count). The zero-order chi connectivity index (χ0) is 17.4. The molecule has 0 N–H and O–H groups in total. The summed E-state index contributed by atoms with van der Waals surface area (Å²) in [5.41, 5.74) is 2.16. The predicted molar refractivity (Wildman–Crippen MR) is 92.6 cm³/mol. The van der Waals surface area contributed by atoms with Gasteiger partial charge in [0.05, 0.1) is 24.0 Å². The summed E-state index contributed by atoms with van der Waals surface area (Å²) in [6.45, 7) is 3.66. The molecular weight excluding hydrogens is 318 g/mol. The molecule has 0 bridgehead atoms. The second-order valence-corrected chi connectivity index (χ2v) is 6.61. The fourth-order valence-electron chi connectivity index (χ4n) is 3.33. The summed E-state index contributed by atoms with van der Waals surface area (Å²) in [5.74, 6) is 0.748. The van der Waals surface area contributed by atoms with Crippen molar-refractivity contribution in [2.45, 2.75) is 19.0 Å². The normalized spacial score (nSPS) is 20.6. The molecule has 130 valence electrons. The number of benzene rings is 1. The van der Waals surface area contributed by atoms with Gasteiger partial charge in [-0.15, -0.1) is 5.10 Å². The molecular formula is C16H21N9. The fourth-order valence-corrected chi connectivity index (χ4v) is 3.33. The summed E-state index contributed by atoms with van der Waals surface area (Å²) < 4.78 is 3.71. The topological polar surface area (TPSA) is 80.8 Å². The maximum absolute atomic E-state index is 4.27.